The number of hydrogen-bond donors (Lipinski definition) is 1. The van der Waals surface area contributed by atoms with Crippen LogP contribution in [0, 0.1) is 0 Å². The third-order valence-corrected chi connectivity index (χ3v) is 4.26. The van der Waals surface area contributed by atoms with Gasteiger partial charge < -0.3 is 15.0 Å². The van der Waals surface area contributed by atoms with Gasteiger partial charge in [-0.1, -0.05) is 11.2 Å². The topological polar surface area (TPSA) is 74.2 Å². The maximum atomic E-state index is 6.04. The van der Waals surface area contributed by atoms with Crippen LogP contribution in [0.15, 0.2) is 22.0 Å². The summed E-state index contributed by atoms with van der Waals surface area (Å²) in [6, 6.07) is 3.99. The van der Waals surface area contributed by atoms with Crippen LogP contribution < -0.4 is 5.73 Å². The zero-order valence-electron chi connectivity index (χ0n) is 10.1. The van der Waals surface area contributed by atoms with Crippen LogP contribution in [-0.2, 0) is 16.6 Å². The number of thiophene rings is 1. The summed E-state index contributed by atoms with van der Waals surface area (Å²) in [5, 5.41) is 6.06. The molecule has 2 aromatic heterocycles. The molecule has 18 heavy (non-hydrogen) atoms. The molecule has 5 nitrogen and oxygen atoms in total. The number of aromatic nitrogens is 2. The van der Waals surface area contributed by atoms with E-state index in [0.29, 0.717) is 31.3 Å². The highest BCUT2D eigenvalue weighted by Gasteiger charge is 2.44. The van der Waals surface area contributed by atoms with Crippen LogP contribution >= 0.6 is 11.3 Å². The Hall–Kier alpha value is -1.24. The molecule has 3 rings (SSSR count). The maximum absolute atomic E-state index is 6.04. The minimum atomic E-state index is -0.360. The third-order valence-electron chi connectivity index (χ3n) is 3.39. The van der Waals surface area contributed by atoms with Crippen molar-refractivity contribution < 1.29 is 9.26 Å². The van der Waals surface area contributed by atoms with Gasteiger partial charge in [0.1, 0.15) is 0 Å². The minimum absolute atomic E-state index is 0.0902. The second-order valence-electron chi connectivity index (χ2n) is 4.81. The number of nitrogens with two attached hydrogens (primary N) is 1. The first-order valence-corrected chi connectivity index (χ1v) is 6.75. The van der Waals surface area contributed by atoms with Crippen LogP contribution in [0.3, 0.4) is 0 Å². The molecule has 2 atom stereocenters. The Morgan fingerprint density at radius 2 is 2.50 bits per heavy atom. The lowest BCUT2D eigenvalue weighted by Gasteiger charge is -2.21. The molecular formula is C12H15N3O2S. The first-order valence-electron chi connectivity index (χ1n) is 5.87. The van der Waals surface area contributed by atoms with Crippen molar-refractivity contribution in [1.82, 2.24) is 10.1 Å². The third kappa shape index (κ3) is 1.96. The van der Waals surface area contributed by atoms with Crippen LogP contribution in [0.1, 0.15) is 23.5 Å². The average molecular weight is 265 g/mol. The Morgan fingerprint density at radius 1 is 1.61 bits per heavy atom. The molecule has 2 N–H and O–H groups in total. The molecule has 1 aliphatic rings. The van der Waals surface area contributed by atoms with E-state index in [1.165, 1.54) is 4.88 Å². The number of hydrogen-bond acceptors (Lipinski definition) is 6. The highest BCUT2D eigenvalue weighted by atomic mass is 32.1. The number of rotatable bonds is 3. The van der Waals surface area contributed by atoms with Crippen molar-refractivity contribution in [2.24, 2.45) is 5.73 Å². The largest absolute Gasteiger partial charge is 0.379 e. The molecule has 0 spiro atoms. The normalized spacial score (nSPS) is 27.8. The zero-order chi connectivity index (χ0) is 12.6. The van der Waals surface area contributed by atoms with Crippen molar-refractivity contribution >= 4 is 11.3 Å². The number of ether oxygens (including phenoxy) is 1. The van der Waals surface area contributed by atoms with Crippen LogP contribution in [0.5, 0.6) is 0 Å². The van der Waals surface area contributed by atoms with Gasteiger partial charge in [0.25, 0.3) is 0 Å². The lowest BCUT2D eigenvalue weighted by molar-refractivity contribution is 0.169. The van der Waals surface area contributed by atoms with E-state index in [-0.39, 0.29) is 11.5 Å². The second kappa shape index (κ2) is 4.46. The van der Waals surface area contributed by atoms with E-state index >= 15 is 0 Å². The van der Waals surface area contributed by atoms with Gasteiger partial charge in [-0.05, 0) is 18.4 Å². The van der Waals surface area contributed by atoms with Gasteiger partial charge in [0, 0.05) is 17.3 Å². The molecule has 0 amide bonds. The van der Waals surface area contributed by atoms with E-state index < -0.39 is 0 Å². The lowest BCUT2D eigenvalue weighted by Crippen LogP contribution is -2.42. The molecule has 1 aliphatic heterocycles. The fraction of sp³-hybridized carbons (Fsp3) is 0.500. The van der Waals surface area contributed by atoms with Crippen molar-refractivity contribution in [3.05, 3.63) is 34.1 Å². The average Bonchev–Trinajstić information content (AvgIpc) is 3.04. The van der Waals surface area contributed by atoms with Gasteiger partial charge in [-0.3, -0.25) is 0 Å². The smallest absolute Gasteiger partial charge is 0.236 e. The first kappa shape index (κ1) is 11.8. The van der Waals surface area contributed by atoms with E-state index in [9.17, 15) is 0 Å². The molecule has 96 valence electrons. The quantitative estimate of drug-likeness (QED) is 0.906. The summed E-state index contributed by atoms with van der Waals surface area (Å²) >= 11 is 1.69. The molecule has 0 aromatic carbocycles. The monoisotopic (exact) mass is 265 g/mol. The Labute approximate surface area is 109 Å². The summed E-state index contributed by atoms with van der Waals surface area (Å²) in [7, 11) is 0. The fourth-order valence-corrected chi connectivity index (χ4v) is 2.74. The summed E-state index contributed by atoms with van der Waals surface area (Å²) in [5.74, 6) is 1.28. The summed E-state index contributed by atoms with van der Waals surface area (Å²) in [5.41, 5.74) is 5.68. The standard InChI is InChI=1S/C12H15N3O2S/c1-12(7-16-6-9(12)13)11-14-10(15-17-11)5-8-3-2-4-18-8/h2-4,9H,5-7,13H2,1H3. The molecule has 6 heteroatoms. The SMILES string of the molecule is CC1(c2nc(Cc3cccs3)no2)COCC1N. The highest BCUT2D eigenvalue weighted by Crippen LogP contribution is 2.30. The summed E-state index contributed by atoms with van der Waals surface area (Å²) < 4.78 is 10.7. The molecule has 0 aliphatic carbocycles. The Bertz CT molecular complexity index is 525. The molecular weight excluding hydrogens is 250 g/mol. The Morgan fingerprint density at radius 3 is 3.17 bits per heavy atom. The highest BCUT2D eigenvalue weighted by molar-refractivity contribution is 7.09. The summed E-state index contributed by atoms with van der Waals surface area (Å²) in [6.07, 6.45) is 0.702. The predicted octanol–water partition coefficient (Wildman–Crippen LogP) is 1.34. The summed E-state index contributed by atoms with van der Waals surface area (Å²) in [6.45, 7) is 3.08. The molecule has 0 radical (unpaired) electrons. The van der Waals surface area contributed by atoms with Gasteiger partial charge in [-0.15, -0.1) is 11.3 Å². The van der Waals surface area contributed by atoms with Gasteiger partial charge in [-0.2, -0.15) is 4.98 Å². The number of nitrogens with zero attached hydrogens (tertiary/aromatic N) is 2. The molecule has 1 saturated heterocycles. The van der Waals surface area contributed by atoms with Crippen LogP contribution in [0.4, 0.5) is 0 Å². The minimum Gasteiger partial charge on any atom is -0.379 e. The van der Waals surface area contributed by atoms with Crippen molar-refractivity contribution in [1.29, 1.82) is 0 Å². The molecule has 0 bridgehead atoms. The molecule has 2 aromatic rings. The van der Waals surface area contributed by atoms with Gasteiger partial charge in [0.15, 0.2) is 5.82 Å². The van der Waals surface area contributed by atoms with Crippen LogP contribution in [0.2, 0.25) is 0 Å². The predicted molar refractivity (Wildman–Crippen MR) is 67.6 cm³/mol. The van der Waals surface area contributed by atoms with E-state index in [2.05, 4.69) is 16.2 Å². The van der Waals surface area contributed by atoms with Crippen molar-refractivity contribution in [2.45, 2.75) is 24.8 Å². The summed E-state index contributed by atoms with van der Waals surface area (Å²) in [4.78, 5) is 5.68. The van der Waals surface area contributed by atoms with E-state index in [1.54, 1.807) is 11.3 Å². The van der Waals surface area contributed by atoms with Gasteiger partial charge in [-0.25, -0.2) is 0 Å². The molecule has 0 saturated carbocycles. The van der Waals surface area contributed by atoms with E-state index in [1.807, 2.05) is 18.4 Å². The molecule has 1 fully saturated rings. The van der Waals surface area contributed by atoms with Crippen molar-refractivity contribution in [2.75, 3.05) is 13.2 Å². The van der Waals surface area contributed by atoms with Crippen molar-refractivity contribution in [3.8, 4) is 0 Å². The van der Waals surface area contributed by atoms with E-state index in [4.69, 9.17) is 15.0 Å². The Kier molecular flexibility index (Phi) is 2.93. The zero-order valence-corrected chi connectivity index (χ0v) is 10.9. The fourth-order valence-electron chi connectivity index (χ4n) is 2.04. The Balaban J connectivity index is 1.81. The van der Waals surface area contributed by atoms with Crippen LogP contribution in [-0.4, -0.2) is 29.4 Å². The van der Waals surface area contributed by atoms with Gasteiger partial charge in [0.05, 0.1) is 18.6 Å². The van der Waals surface area contributed by atoms with Crippen molar-refractivity contribution in [3.63, 3.8) is 0 Å². The molecule has 2 unspecified atom stereocenters. The van der Waals surface area contributed by atoms with E-state index in [0.717, 1.165) is 0 Å². The van der Waals surface area contributed by atoms with Gasteiger partial charge >= 0.3 is 0 Å². The molecule has 3 heterocycles. The van der Waals surface area contributed by atoms with Crippen LogP contribution in [0.25, 0.3) is 0 Å². The maximum Gasteiger partial charge on any atom is 0.236 e. The second-order valence-corrected chi connectivity index (χ2v) is 5.84. The first-order chi connectivity index (χ1) is 8.68. The van der Waals surface area contributed by atoms with Gasteiger partial charge in [0.2, 0.25) is 5.89 Å². The lowest BCUT2D eigenvalue weighted by atomic mass is 9.86.